The van der Waals surface area contributed by atoms with E-state index in [2.05, 4.69) is 5.32 Å². The third-order valence-corrected chi connectivity index (χ3v) is 2.87. The quantitative estimate of drug-likeness (QED) is 0.796. The van der Waals surface area contributed by atoms with Gasteiger partial charge in [-0.05, 0) is 37.4 Å². The number of nitrogens with one attached hydrogen (secondary N) is 1. The van der Waals surface area contributed by atoms with Crippen LogP contribution in [0.2, 0.25) is 0 Å². The number of rotatable bonds is 3. The minimum atomic E-state index is -0.736. The number of furan rings is 1. The van der Waals surface area contributed by atoms with Crippen molar-refractivity contribution < 1.29 is 14.3 Å². The molecule has 0 aromatic carbocycles. The van der Waals surface area contributed by atoms with Gasteiger partial charge in [0.15, 0.2) is 0 Å². The summed E-state index contributed by atoms with van der Waals surface area (Å²) in [7, 11) is 0. The summed E-state index contributed by atoms with van der Waals surface area (Å²) < 4.78 is 5.33. The Morgan fingerprint density at radius 3 is 3.20 bits per heavy atom. The zero-order chi connectivity index (χ0) is 10.7. The van der Waals surface area contributed by atoms with Gasteiger partial charge in [-0.2, -0.15) is 0 Å². The maximum Gasteiger partial charge on any atom is 0.303 e. The normalized spacial score (nSPS) is 26.4. The second kappa shape index (κ2) is 4.49. The van der Waals surface area contributed by atoms with Crippen LogP contribution in [0.3, 0.4) is 0 Å². The first-order chi connectivity index (χ1) is 7.27. The lowest BCUT2D eigenvalue weighted by Crippen LogP contribution is -2.35. The van der Waals surface area contributed by atoms with Gasteiger partial charge < -0.3 is 14.8 Å². The number of carboxylic acids is 1. The Balaban J connectivity index is 2.09. The maximum absolute atomic E-state index is 10.7. The molecule has 0 aliphatic carbocycles. The molecule has 15 heavy (non-hydrogen) atoms. The van der Waals surface area contributed by atoms with Gasteiger partial charge in [0.1, 0.15) is 5.76 Å². The van der Waals surface area contributed by atoms with Gasteiger partial charge in [-0.1, -0.05) is 0 Å². The molecule has 1 aliphatic heterocycles. The number of carboxylic acid groups (broad SMARTS) is 1. The van der Waals surface area contributed by atoms with Gasteiger partial charge in [-0.3, -0.25) is 4.79 Å². The largest absolute Gasteiger partial charge is 0.481 e. The fraction of sp³-hybridized carbons (Fsp3) is 0.545. The molecular weight excluding hydrogens is 194 g/mol. The standard InChI is InChI=1S/C11H15NO3/c13-10(14)7-8-3-1-5-12-11(8)9-4-2-6-15-9/h2,4,6,8,11-12H,1,3,5,7H2,(H,13,14)/t8-,11+/m0/s1. The number of hydrogen-bond acceptors (Lipinski definition) is 3. The van der Waals surface area contributed by atoms with Gasteiger partial charge in [0.25, 0.3) is 0 Å². The SMILES string of the molecule is O=C(O)C[C@@H]1CCCN[C@H]1c1ccco1. The molecule has 0 unspecified atom stereocenters. The Morgan fingerprint density at radius 1 is 1.67 bits per heavy atom. The number of piperidine rings is 1. The van der Waals surface area contributed by atoms with Crippen molar-refractivity contribution in [2.45, 2.75) is 25.3 Å². The molecule has 1 aliphatic rings. The molecule has 0 spiro atoms. The van der Waals surface area contributed by atoms with E-state index in [1.807, 2.05) is 12.1 Å². The Labute approximate surface area is 88.3 Å². The van der Waals surface area contributed by atoms with Gasteiger partial charge in [0, 0.05) is 0 Å². The molecule has 2 N–H and O–H groups in total. The van der Waals surface area contributed by atoms with Crippen molar-refractivity contribution in [3.63, 3.8) is 0 Å². The van der Waals surface area contributed by atoms with Crippen LogP contribution in [-0.4, -0.2) is 17.6 Å². The zero-order valence-electron chi connectivity index (χ0n) is 8.48. The van der Waals surface area contributed by atoms with E-state index in [4.69, 9.17) is 9.52 Å². The lowest BCUT2D eigenvalue weighted by molar-refractivity contribution is -0.138. The molecule has 0 bridgehead atoms. The number of carbonyl (C=O) groups is 1. The molecule has 0 radical (unpaired) electrons. The summed E-state index contributed by atoms with van der Waals surface area (Å²) in [5.74, 6) is 0.253. The highest BCUT2D eigenvalue weighted by molar-refractivity contribution is 5.67. The second-order valence-corrected chi connectivity index (χ2v) is 3.95. The summed E-state index contributed by atoms with van der Waals surface area (Å²) in [6, 6.07) is 3.80. The van der Waals surface area contributed by atoms with E-state index in [1.165, 1.54) is 0 Å². The Morgan fingerprint density at radius 2 is 2.53 bits per heavy atom. The van der Waals surface area contributed by atoms with E-state index < -0.39 is 5.97 Å². The Kier molecular flexibility index (Phi) is 3.06. The van der Waals surface area contributed by atoms with Crippen molar-refractivity contribution in [3.8, 4) is 0 Å². The highest BCUT2D eigenvalue weighted by Gasteiger charge is 2.29. The highest BCUT2D eigenvalue weighted by atomic mass is 16.4. The van der Waals surface area contributed by atoms with E-state index in [0.717, 1.165) is 25.1 Å². The van der Waals surface area contributed by atoms with E-state index in [1.54, 1.807) is 6.26 Å². The van der Waals surface area contributed by atoms with E-state index in [0.29, 0.717) is 0 Å². The van der Waals surface area contributed by atoms with Crippen LogP contribution >= 0.6 is 0 Å². The van der Waals surface area contributed by atoms with Gasteiger partial charge in [-0.15, -0.1) is 0 Å². The third-order valence-electron chi connectivity index (χ3n) is 2.87. The van der Waals surface area contributed by atoms with Crippen LogP contribution in [0.1, 0.15) is 31.1 Å². The van der Waals surface area contributed by atoms with Crippen LogP contribution in [0, 0.1) is 5.92 Å². The van der Waals surface area contributed by atoms with Crippen molar-refractivity contribution in [2.75, 3.05) is 6.54 Å². The van der Waals surface area contributed by atoms with Gasteiger partial charge in [-0.25, -0.2) is 0 Å². The van der Waals surface area contributed by atoms with Crippen LogP contribution in [0.5, 0.6) is 0 Å². The fourth-order valence-electron chi connectivity index (χ4n) is 2.20. The molecule has 1 fully saturated rings. The van der Waals surface area contributed by atoms with Crippen LogP contribution in [-0.2, 0) is 4.79 Å². The van der Waals surface area contributed by atoms with Crippen molar-refractivity contribution in [3.05, 3.63) is 24.2 Å². The molecular formula is C11H15NO3. The predicted molar refractivity (Wildman–Crippen MR) is 54.4 cm³/mol. The molecule has 1 aromatic rings. The first-order valence-electron chi connectivity index (χ1n) is 5.26. The Hall–Kier alpha value is -1.29. The van der Waals surface area contributed by atoms with E-state index in [9.17, 15) is 4.79 Å². The summed E-state index contributed by atoms with van der Waals surface area (Å²) in [6.07, 6.45) is 3.82. The average Bonchev–Trinajstić information content (AvgIpc) is 2.70. The molecule has 82 valence electrons. The minimum absolute atomic E-state index is 0.0600. The van der Waals surface area contributed by atoms with Gasteiger partial charge >= 0.3 is 5.97 Å². The predicted octanol–water partition coefficient (Wildman–Crippen LogP) is 1.79. The summed E-state index contributed by atoms with van der Waals surface area (Å²) in [5, 5.41) is 12.1. The molecule has 1 aromatic heterocycles. The second-order valence-electron chi connectivity index (χ2n) is 3.95. The minimum Gasteiger partial charge on any atom is -0.481 e. The fourth-order valence-corrected chi connectivity index (χ4v) is 2.20. The summed E-state index contributed by atoms with van der Waals surface area (Å²) >= 11 is 0. The monoisotopic (exact) mass is 209 g/mol. The van der Waals surface area contributed by atoms with Crippen LogP contribution in [0.4, 0.5) is 0 Å². The van der Waals surface area contributed by atoms with Crippen LogP contribution in [0.25, 0.3) is 0 Å². The lowest BCUT2D eigenvalue weighted by Gasteiger charge is -2.30. The molecule has 0 saturated carbocycles. The maximum atomic E-state index is 10.7. The topological polar surface area (TPSA) is 62.5 Å². The first kappa shape index (κ1) is 10.2. The first-order valence-corrected chi connectivity index (χ1v) is 5.26. The summed E-state index contributed by atoms with van der Waals surface area (Å²) in [4.78, 5) is 10.7. The summed E-state index contributed by atoms with van der Waals surface area (Å²) in [6.45, 7) is 0.932. The lowest BCUT2D eigenvalue weighted by atomic mass is 9.87. The van der Waals surface area contributed by atoms with E-state index in [-0.39, 0.29) is 18.4 Å². The molecule has 4 heteroatoms. The zero-order valence-corrected chi connectivity index (χ0v) is 8.48. The molecule has 0 amide bonds. The van der Waals surface area contributed by atoms with Crippen molar-refractivity contribution in [1.82, 2.24) is 5.32 Å². The van der Waals surface area contributed by atoms with E-state index >= 15 is 0 Å². The molecule has 2 heterocycles. The van der Waals surface area contributed by atoms with Crippen molar-refractivity contribution >= 4 is 5.97 Å². The van der Waals surface area contributed by atoms with Gasteiger partial charge in [0.05, 0.1) is 18.7 Å². The Bertz CT molecular complexity index is 321. The van der Waals surface area contributed by atoms with Crippen LogP contribution < -0.4 is 5.32 Å². The van der Waals surface area contributed by atoms with Crippen molar-refractivity contribution in [1.29, 1.82) is 0 Å². The number of hydrogen-bond donors (Lipinski definition) is 2. The molecule has 2 atom stereocenters. The average molecular weight is 209 g/mol. The smallest absolute Gasteiger partial charge is 0.303 e. The highest BCUT2D eigenvalue weighted by Crippen LogP contribution is 2.31. The van der Waals surface area contributed by atoms with Crippen LogP contribution in [0.15, 0.2) is 22.8 Å². The number of aliphatic carboxylic acids is 1. The summed E-state index contributed by atoms with van der Waals surface area (Å²) in [5.41, 5.74) is 0. The molecule has 4 nitrogen and oxygen atoms in total. The third kappa shape index (κ3) is 2.39. The molecule has 2 rings (SSSR count). The van der Waals surface area contributed by atoms with Gasteiger partial charge in [0.2, 0.25) is 0 Å². The molecule has 1 saturated heterocycles. The van der Waals surface area contributed by atoms with Crippen molar-refractivity contribution in [2.24, 2.45) is 5.92 Å².